The van der Waals surface area contributed by atoms with Crippen molar-refractivity contribution in [3.05, 3.63) is 18.0 Å². The molecule has 1 aromatic rings. The fourth-order valence-corrected chi connectivity index (χ4v) is 3.78. The zero-order valence-electron chi connectivity index (χ0n) is 12.9. The summed E-state index contributed by atoms with van der Waals surface area (Å²) in [6, 6.07) is 2.25. The second-order valence-corrected chi connectivity index (χ2v) is 6.38. The van der Waals surface area contributed by atoms with Gasteiger partial charge in [-0.15, -0.1) is 0 Å². The highest BCUT2D eigenvalue weighted by Gasteiger charge is 2.33. The number of hydrogen-bond acceptors (Lipinski definition) is 3. The van der Waals surface area contributed by atoms with Gasteiger partial charge in [-0.3, -0.25) is 9.48 Å². The molecule has 2 fully saturated rings. The Morgan fingerprint density at radius 2 is 2.05 bits per heavy atom. The van der Waals surface area contributed by atoms with Crippen LogP contribution < -0.4 is 5.32 Å². The average Bonchev–Trinajstić information content (AvgIpc) is 2.81. The fourth-order valence-electron chi connectivity index (χ4n) is 3.78. The quantitative estimate of drug-likeness (QED) is 0.903. The molecule has 2 aliphatic rings. The molecule has 1 N–H and O–H groups in total. The van der Waals surface area contributed by atoms with Crippen LogP contribution in [0.25, 0.3) is 0 Å². The zero-order valence-corrected chi connectivity index (χ0v) is 12.9. The third-order valence-corrected chi connectivity index (χ3v) is 4.92. The second kappa shape index (κ2) is 6.60. The van der Waals surface area contributed by atoms with Crippen molar-refractivity contribution in [2.24, 2.45) is 13.0 Å². The number of carbonyl (C=O) groups is 1. The number of piperidine rings is 1. The summed E-state index contributed by atoms with van der Waals surface area (Å²) in [6.07, 6.45) is 9.01. The maximum absolute atomic E-state index is 12.9. The molecular formula is C16H26N4O. The maximum atomic E-state index is 12.9. The molecule has 1 amide bonds. The van der Waals surface area contributed by atoms with E-state index in [9.17, 15) is 4.79 Å². The molecule has 3 heterocycles. The molecule has 0 bridgehead atoms. The first-order chi connectivity index (χ1) is 10.3. The molecule has 1 aromatic heterocycles. The SMILES string of the molecule is Cn1ccc(C(=O)N2CCCCCC2C2CCNCC2)n1. The first kappa shape index (κ1) is 14.6. The van der Waals surface area contributed by atoms with Crippen molar-refractivity contribution in [2.45, 2.75) is 44.6 Å². The van der Waals surface area contributed by atoms with Gasteiger partial charge in [0.05, 0.1) is 0 Å². The van der Waals surface area contributed by atoms with Gasteiger partial charge >= 0.3 is 0 Å². The number of nitrogens with one attached hydrogen (secondary N) is 1. The van der Waals surface area contributed by atoms with Gasteiger partial charge in [-0.05, 0) is 50.8 Å². The van der Waals surface area contributed by atoms with E-state index in [4.69, 9.17) is 0 Å². The zero-order chi connectivity index (χ0) is 14.7. The molecule has 0 radical (unpaired) electrons. The topological polar surface area (TPSA) is 50.2 Å². The number of rotatable bonds is 2. The molecule has 0 aromatic carbocycles. The van der Waals surface area contributed by atoms with E-state index in [1.165, 1.54) is 25.7 Å². The molecule has 2 aliphatic heterocycles. The first-order valence-corrected chi connectivity index (χ1v) is 8.27. The predicted octanol–water partition coefficient (Wildman–Crippen LogP) is 1.80. The van der Waals surface area contributed by atoms with Crippen LogP contribution in [-0.4, -0.2) is 46.3 Å². The lowest BCUT2D eigenvalue weighted by molar-refractivity contribution is 0.0575. The smallest absolute Gasteiger partial charge is 0.274 e. The van der Waals surface area contributed by atoms with E-state index in [1.54, 1.807) is 4.68 Å². The number of aryl methyl sites for hydroxylation is 1. The minimum absolute atomic E-state index is 0.126. The second-order valence-electron chi connectivity index (χ2n) is 6.38. The largest absolute Gasteiger partial charge is 0.334 e. The monoisotopic (exact) mass is 290 g/mol. The van der Waals surface area contributed by atoms with Crippen LogP contribution in [0, 0.1) is 5.92 Å². The number of hydrogen-bond donors (Lipinski definition) is 1. The highest BCUT2D eigenvalue weighted by molar-refractivity contribution is 5.92. The third kappa shape index (κ3) is 3.28. The van der Waals surface area contributed by atoms with Gasteiger partial charge in [0.2, 0.25) is 0 Å². The van der Waals surface area contributed by atoms with Crippen LogP contribution in [0.2, 0.25) is 0 Å². The van der Waals surface area contributed by atoms with Crippen LogP contribution in [0.4, 0.5) is 0 Å². The summed E-state index contributed by atoms with van der Waals surface area (Å²) in [5.74, 6) is 0.776. The number of aromatic nitrogens is 2. The first-order valence-electron chi connectivity index (χ1n) is 8.27. The molecule has 0 saturated carbocycles. The fraction of sp³-hybridized carbons (Fsp3) is 0.750. The van der Waals surface area contributed by atoms with Gasteiger partial charge in [-0.1, -0.05) is 12.8 Å². The van der Waals surface area contributed by atoms with Gasteiger partial charge in [-0.25, -0.2) is 0 Å². The Morgan fingerprint density at radius 1 is 1.24 bits per heavy atom. The number of amides is 1. The summed E-state index contributed by atoms with van der Waals surface area (Å²) in [4.78, 5) is 15.0. The van der Waals surface area contributed by atoms with E-state index in [1.807, 2.05) is 19.3 Å². The molecule has 1 unspecified atom stereocenters. The lowest BCUT2D eigenvalue weighted by atomic mass is 9.86. The van der Waals surface area contributed by atoms with E-state index in [-0.39, 0.29) is 5.91 Å². The average molecular weight is 290 g/mol. The molecule has 0 aliphatic carbocycles. The standard InChI is InChI=1S/C16H26N4O/c1-19-12-8-14(18-19)16(21)20-11-4-2-3-5-15(20)13-6-9-17-10-7-13/h8,12-13,15,17H,2-7,9-11H2,1H3. The van der Waals surface area contributed by atoms with Crippen molar-refractivity contribution in [1.82, 2.24) is 20.0 Å². The molecule has 116 valence electrons. The summed E-state index contributed by atoms with van der Waals surface area (Å²) in [7, 11) is 1.86. The Morgan fingerprint density at radius 3 is 2.76 bits per heavy atom. The maximum Gasteiger partial charge on any atom is 0.274 e. The molecule has 21 heavy (non-hydrogen) atoms. The Labute approximate surface area is 126 Å². The number of nitrogens with zero attached hydrogens (tertiary/aromatic N) is 3. The number of likely N-dealkylation sites (tertiary alicyclic amines) is 1. The van der Waals surface area contributed by atoms with Gasteiger partial charge < -0.3 is 10.2 Å². The van der Waals surface area contributed by atoms with Crippen molar-refractivity contribution in [2.75, 3.05) is 19.6 Å². The Kier molecular flexibility index (Phi) is 4.58. The Balaban J connectivity index is 1.79. The minimum Gasteiger partial charge on any atom is -0.334 e. The van der Waals surface area contributed by atoms with Crippen LogP contribution in [0.1, 0.15) is 49.0 Å². The summed E-state index contributed by atoms with van der Waals surface area (Å²) in [6.45, 7) is 3.07. The molecule has 3 rings (SSSR count). The summed E-state index contributed by atoms with van der Waals surface area (Å²) >= 11 is 0. The molecule has 1 atom stereocenters. The van der Waals surface area contributed by atoms with E-state index in [2.05, 4.69) is 15.3 Å². The molecule has 5 heteroatoms. The summed E-state index contributed by atoms with van der Waals surface area (Å²) in [5, 5.41) is 7.74. The third-order valence-electron chi connectivity index (χ3n) is 4.92. The van der Waals surface area contributed by atoms with Crippen molar-refractivity contribution >= 4 is 5.91 Å². The Hall–Kier alpha value is -1.36. The van der Waals surface area contributed by atoms with Crippen LogP contribution in [0.5, 0.6) is 0 Å². The molecule has 0 spiro atoms. The van der Waals surface area contributed by atoms with Crippen LogP contribution in [0.15, 0.2) is 12.3 Å². The van der Waals surface area contributed by atoms with Crippen LogP contribution in [-0.2, 0) is 7.05 Å². The van der Waals surface area contributed by atoms with Gasteiger partial charge in [0, 0.05) is 25.8 Å². The molecule has 5 nitrogen and oxygen atoms in total. The van der Waals surface area contributed by atoms with Crippen molar-refractivity contribution in [1.29, 1.82) is 0 Å². The summed E-state index contributed by atoms with van der Waals surface area (Å²) < 4.78 is 1.71. The predicted molar refractivity (Wildman–Crippen MR) is 82.1 cm³/mol. The lowest BCUT2D eigenvalue weighted by Crippen LogP contribution is -2.47. The highest BCUT2D eigenvalue weighted by atomic mass is 16.2. The van der Waals surface area contributed by atoms with Crippen molar-refractivity contribution in [3.8, 4) is 0 Å². The van der Waals surface area contributed by atoms with Gasteiger partial charge in [-0.2, -0.15) is 5.10 Å². The van der Waals surface area contributed by atoms with Crippen LogP contribution >= 0.6 is 0 Å². The highest BCUT2D eigenvalue weighted by Crippen LogP contribution is 2.29. The summed E-state index contributed by atoms with van der Waals surface area (Å²) in [5.41, 5.74) is 0.596. The van der Waals surface area contributed by atoms with E-state index < -0.39 is 0 Å². The van der Waals surface area contributed by atoms with Gasteiger partial charge in [0.25, 0.3) is 5.91 Å². The van der Waals surface area contributed by atoms with E-state index in [0.717, 1.165) is 32.5 Å². The van der Waals surface area contributed by atoms with Crippen LogP contribution in [0.3, 0.4) is 0 Å². The molecular weight excluding hydrogens is 264 g/mol. The minimum atomic E-state index is 0.126. The number of carbonyl (C=O) groups excluding carboxylic acids is 1. The van der Waals surface area contributed by atoms with Gasteiger partial charge in [0.1, 0.15) is 5.69 Å². The Bertz CT molecular complexity index is 478. The van der Waals surface area contributed by atoms with Gasteiger partial charge in [0.15, 0.2) is 0 Å². The van der Waals surface area contributed by atoms with E-state index >= 15 is 0 Å². The van der Waals surface area contributed by atoms with Crippen molar-refractivity contribution in [3.63, 3.8) is 0 Å². The lowest BCUT2D eigenvalue weighted by Gasteiger charge is -2.37. The van der Waals surface area contributed by atoms with E-state index in [0.29, 0.717) is 17.7 Å². The normalized spacial score (nSPS) is 24.8. The van der Waals surface area contributed by atoms with Crippen molar-refractivity contribution < 1.29 is 4.79 Å². The molecule has 2 saturated heterocycles.